The van der Waals surface area contributed by atoms with Crippen LogP contribution in [0.4, 0.5) is 23.4 Å². The molecule has 1 unspecified atom stereocenters. The van der Waals surface area contributed by atoms with Crippen molar-refractivity contribution in [3.05, 3.63) is 23.5 Å². The number of alkyl halides is 3. The lowest BCUT2D eigenvalue weighted by Crippen LogP contribution is -2.50. The van der Waals surface area contributed by atoms with E-state index in [1.807, 2.05) is 4.90 Å². The van der Waals surface area contributed by atoms with Gasteiger partial charge in [-0.1, -0.05) is 0 Å². The fraction of sp³-hybridized carbons (Fsp3) is 0.500. The van der Waals surface area contributed by atoms with Crippen molar-refractivity contribution < 1.29 is 17.6 Å². The van der Waals surface area contributed by atoms with Crippen LogP contribution in [0.25, 0.3) is 16.7 Å². The van der Waals surface area contributed by atoms with Crippen LogP contribution < -0.4 is 4.90 Å². The Bertz CT molecular complexity index is 1030. The molecule has 0 bridgehead atoms. The van der Waals surface area contributed by atoms with E-state index in [1.54, 1.807) is 0 Å². The molecule has 0 aliphatic carbocycles. The molecular formula is C16H15F4N7. The second kappa shape index (κ2) is 5.72. The van der Waals surface area contributed by atoms with Gasteiger partial charge in [0.15, 0.2) is 5.82 Å². The van der Waals surface area contributed by atoms with E-state index < -0.39 is 17.6 Å². The maximum Gasteiger partial charge on any atom is 0.419 e. The number of hydrogen-bond acceptors (Lipinski definition) is 6. The highest BCUT2D eigenvalue weighted by Gasteiger charge is 2.36. The fourth-order valence-electron chi connectivity index (χ4n) is 4.08. The van der Waals surface area contributed by atoms with E-state index >= 15 is 0 Å². The third-order valence-corrected chi connectivity index (χ3v) is 5.38. The molecule has 142 valence electrons. The molecule has 0 amide bonds. The summed E-state index contributed by atoms with van der Waals surface area (Å²) in [6.07, 6.45) is -2.57. The Hall–Kier alpha value is -2.56. The number of piperazine rings is 1. The number of aromatic nitrogens is 5. The summed E-state index contributed by atoms with van der Waals surface area (Å²) in [6.45, 7) is 3.40. The minimum absolute atomic E-state index is 0.0203. The zero-order valence-electron chi connectivity index (χ0n) is 14.1. The second-order valence-electron chi connectivity index (χ2n) is 6.95. The van der Waals surface area contributed by atoms with E-state index in [0.717, 1.165) is 38.5 Å². The van der Waals surface area contributed by atoms with Gasteiger partial charge in [0.05, 0.1) is 16.6 Å². The summed E-state index contributed by atoms with van der Waals surface area (Å²) in [6, 6.07) is 1.92. The Morgan fingerprint density at radius 3 is 2.78 bits per heavy atom. The van der Waals surface area contributed by atoms with Crippen molar-refractivity contribution in [1.29, 1.82) is 0 Å². The number of fused-ring (bicyclic) bond motifs is 4. The van der Waals surface area contributed by atoms with Gasteiger partial charge in [-0.2, -0.15) is 17.7 Å². The zero-order valence-corrected chi connectivity index (χ0v) is 14.1. The molecule has 0 radical (unpaired) electrons. The van der Waals surface area contributed by atoms with Gasteiger partial charge in [-0.3, -0.25) is 4.90 Å². The monoisotopic (exact) mass is 381 g/mol. The predicted molar refractivity (Wildman–Crippen MR) is 87.9 cm³/mol. The SMILES string of the molecule is Fc1cc2nc(N3CCN4CCCC4C3)c3nnnn3c2cc1C(F)(F)F. The van der Waals surface area contributed by atoms with Gasteiger partial charge >= 0.3 is 6.18 Å². The van der Waals surface area contributed by atoms with Crippen molar-refractivity contribution in [2.75, 3.05) is 31.1 Å². The van der Waals surface area contributed by atoms with Crippen LogP contribution in [0.2, 0.25) is 0 Å². The summed E-state index contributed by atoms with van der Waals surface area (Å²) in [4.78, 5) is 8.89. The molecule has 3 aromatic rings. The molecule has 2 aliphatic heterocycles. The maximum atomic E-state index is 14.1. The minimum atomic E-state index is -4.81. The van der Waals surface area contributed by atoms with E-state index in [-0.39, 0.29) is 16.7 Å². The molecule has 1 aromatic carbocycles. The fourth-order valence-corrected chi connectivity index (χ4v) is 4.08. The van der Waals surface area contributed by atoms with Gasteiger partial charge in [0, 0.05) is 31.7 Å². The third kappa shape index (κ3) is 2.59. The molecule has 0 spiro atoms. The zero-order chi connectivity index (χ0) is 18.8. The topological polar surface area (TPSA) is 62.5 Å². The summed E-state index contributed by atoms with van der Waals surface area (Å²) < 4.78 is 54.4. The van der Waals surface area contributed by atoms with E-state index in [9.17, 15) is 17.6 Å². The number of nitrogens with zero attached hydrogens (tertiary/aromatic N) is 7. The average Bonchev–Trinajstić information content (AvgIpc) is 3.28. The third-order valence-electron chi connectivity index (χ3n) is 5.38. The minimum Gasteiger partial charge on any atom is -0.351 e. The van der Waals surface area contributed by atoms with Crippen molar-refractivity contribution in [1.82, 2.24) is 29.9 Å². The van der Waals surface area contributed by atoms with Gasteiger partial charge in [-0.15, -0.1) is 5.10 Å². The van der Waals surface area contributed by atoms with Crippen molar-refractivity contribution >= 4 is 22.5 Å². The molecular weight excluding hydrogens is 366 g/mol. The Kier molecular flexibility index (Phi) is 3.51. The van der Waals surface area contributed by atoms with E-state index in [0.29, 0.717) is 24.5 Å². The first-order valence-electron chi connectivity index (χ1n) is 8.69. The number of halogens is 4. The summed E-state index contributed by atoms with van der Waals surface area (Å²) in [7, 11) is 0. The summed E-state index contributed by atoms with van der Waals surface area (Å²) >= 11 is 0. The van der Waals surface area contributed by atoms with Crippen LogP contribution >= 0.6 is 0 Å². The van der Waals surface area contributed by atoms with E-state index in [1.165, 1.54) is 4.52 Å². The van der Waals surface area contributed by atoms with E-state index in [2.05, 4.69) is 25.4 Å². The Morgan fingerprint density at radius 2 is 1.96 bits per heavy atom. The van der Waals surface area contributed by atoms with Crippen molar-refractivity contribution in [2.24, 2.45) is 0 Å². The Labute approximate surface area is 150 Å². The number of rotatable bonds is 1. The van der Waals surface area contributed by atoms with Gasteiger partial charge in [0.1, 0.15) is 5.82 Å². The largest absolute Gasteiger partial charge is 0.419 e. The number of tetrazole rings is 1. The predicted octanol–water partition coefficient (Wildman–Crippen LogP) is 2.11. The lowest BCUT2D eigenvalue weighted by Gasteiger charge is -2.38. The summed E-state index contributed by atoms with van der Waals surface area (Å²) in [5.74, 6) is -0.889. The summed E-state index contributed by atoms with van der Waals surface area (Å²) in [5, 5.41) is 11.4. The van der Waals surface area contributed by atoms with Gasteiger partial charge in [0.25, 0.3) is 0 Å². The van der Waals surface area contributed by atoms with Crippen molar-refractivity contribution in [3.63, 3.8) is 0 Å². The molecule has 11 heteroatoms. The van der Waals surface area contributed by atoms with Crippen LogP contribution in [0.5, 0.6) is 0 Å². The lowest BCUT2D eigenvalue weighted by atomic mass is 10.1. The first-order valence-corrected chi connectivity index (χ1v) is 8.69. The standard InChI is InChI=1S/C16H15F4N7/c17-11-7-12-13(6-10(11)16(18,19)20)27-15(22-23-24-27)14(21-12)26-5-4-25-3-1-2-9(25)8-26/h6-7,9H,1-5,8H2. The maximum absolute atomic E-state index is 14.1. The quantitative estimate of drug-likeness (QED) is 0.602. The van der Waals surface area contributed by atoms with Crippen molar-refractivity contribution in [2.45, 2.75) is 25.1 Å². The second-order valence-corrected chi connectivity index (χ2v) is 6.95. The van der Waals surface area contributed by atoms with Crippen LogP contribution in [0.15, 0.2) is 12.1 Å². The molecule has 7 nitrogen and oxygen atoms in total. The molecule has 4 heterocycles. The number of anilines is 1. The molecule has 27 heavy (non-hydrogen) atoms. The molecule has 0 saturated carbocycles. The van der Waals surface area contributed by atoms with Crippen LogP contribution in [-0.2, 0) is 6.18 Å². The van der Waals surface area contributed by atoms with Crippen LogP contribution in [0.3, 0.4) is 0 Å². The first-order chi connectivity index (χ1) is 12.9. The Balaban J connectivity index is 1.66. The van der Waals surface area contributed by atoms with Crippen molar-refractivity contribution in [3.8, 4) is 0 Å². The molecule has 1 atom stereocenters. The molecule has 0 N–H and O–H groups in total. The molecule has 5 rings (SSSR count). The smallest absolute Gasteiger partial charge is 0.351 e. The highest BCUT2D eigenvalue weighted by Crippen LogP contribution is 2.35. The van der Waals surface area contributed by atoms with Crippen LogP contribution in [0.1, 0.15) is 18.4 Å². The molecule has 2 fully saturated rings. The molecule has 2 aromatic heterocycles. The van der Waals surface area contributed by atoms with Gasteiger partial charge in [0.2, 0.25) is 5.65 Å². The van der Waals surface area contributed by atoms with Crippen LogP contribution in [-0.4, -0.2) is 62.1 Å². The van der Waals surface area contributed by atoms with Gasteiger partial charge in [-0.05, 0) is 35.9 Å². The first kappa shape index (κ1) is 16.6. The number of benzene rings is 1. The average molecular weight is 381 g/mol. The van der Waals surface area contributed by atoms with Crippen LogP contribution in [0, 0.1) is 5.82 Å². The lowest BCUT2D eigenvalue weighted by molar-refractivity contribution is -0.139. The highest BCUT2D eigenvalue weighted by molar-refractivity contribution is 5.83. The van der Waals surface area contributed by atoms with E-state index in [4.69, 9.17) is 0 Å². The summed E-state index contributed by atoms with van der Waals surface area (Å²) in [5.41, 5.74) is -0.981. The highest BCUT2D eigenvalue weighted by atomic mass is 19.4. The molecule has 2 aliphatic rings. The molecule has 2 saturated heterocycles. The normalized spacial score (nSPS) is 21.3. The van der Waals surface area contributed by atoms with Gasteiger partial charge in [-0.25, -0.2) is 9.37 Å². The van der Waals surface area contributed by atoms with Gasteiger partial charge < -0.3 is 4.90 Å². The number of hydrogen-bond donors (Lipinski definition) is 0. The Morgan fingerprint density at radius 1 is 1.11 bits per heavy atom.